The van der Waals surface area contributed by atoms with Crippen molar-refractivity contribution in [2.75, 3.05) is 0 Å². The molecule has 0 radical (unpaired) electrons. The molecular weight excluding hydrogens is 703 g/mol. The predicted octanol–water partition coefficient (Wildman–Crippen LogP) is 10.0. The standard InChI is InChI=1S/C40H48N2O2.2ClH.Zr/c1-23-15-27(5)39(43)31(17-23)21-41-37(35-25(3)19-29-11-7-9-13-33(29)35)38(36-26(4)20-30-12-8-10-14-34(30)36)42-22-32-18-24(2)16-28(6)40(32)44;;;/h7-18,21-22,25-26,29-30,33-38,43-44H,19-20H2,1-6H3;2*1H;/q;;;+2/p-2/t25?,26?,29?,30?,33?,34?,35?,36?,37-,38-;;;/m1.../s1. The fourth-order valence-corrected chi connectivity index (χ4v) is 9.05. The molecule has 8 unspecified atom stereocenters. The number of aryl methyl sites for hydroxylation is 4. The second-order valence-electron chi connectivity index (χ2n) is 14.3. The third kappa shape index (κ3) is 8.00. The first kappa shape index (κ1) is 36.1. The van der Waals surface area contributed by atoms with E-state index in [4.69, 9.17) is 27.0 Å². The van der Waals surface area contributed by atoms with Crippen LogP contribution in [0.3, 0.4) is 0 Å². The van der Waals surface area contributed by atoms with E-state index in [9.17, 15) is 10.2 Å². The van der Waals surface area contributed by atoms with Crippen molar-refractivity contribution in [3.8, 4) is 11.5 Å². The minimum atomic E-state index is -0.826. The summed E-state index contributed by atoms with van der Waals surface area (Å²) in [5, 5.41) is 22.1. The van der Waals surface area contributed by atoms with Gasteiger partial charge in [-0.15, -0.1) is 0 Å². The number of rotatable bonds is 7. The minimum absolute atomic E-state index is 0.0915. The molecule has 6 rings (SSSR count). The second-order valence-corrected chi connectivity index (χ2v) is 18.0. The molecule has 4 aliphatic rings. The molecule has 4 nitrogen and oxygen atoms in total. The van der Waals surface area contributed by atoms with Crippen molar-refractivity contribution in [1.82, 2.24) is 0 Å². The van der Waals surface area contributed by atoms with Crippen LogP contribution in [0.5, 0.6) is 11.5 Å². The van der Waals surface area contributed by atoms with Crippen LogP contribution in [-0.4, -0.2) is 34.7 Å². The molecule has 4 aliphatic carbocycles. The monoisotopic (exact) mass is 748 g/mol. The van der Waals surface area contributed by atoms with Gasteiger partial charge in [0.25, 0.3) is 0 Å². The summed E-state index contributed by atoms with van der Waals surface area (Å²) < 4.78 is 0. The summed E-state index contributed by atoms with van der Waals surface area (Å²) in [4.78, 5) is 11.0. The number of hydrogen-bond donors (Lipinski definition) is 2. The van der Waals surface area contributed by atoms with E-state index >= 15 is 0 Å². The first-order valence-corrected chi connectivity index (χ1v) is 23.2. The molecule has 0 heterocycles. The zero-order valence-electron chi connectivity index (χ0n) is 28.3. The maximum atomic E-state index is 11.0. The number of fused-ring (bicyclic) bond motifs is 2. The first-order chi connectivity index (χ1) is 22.5. The Morgan fingerprint density at radius 1 is 0.660 bits per heavy atom. The summed E-state index contributed by atoms with van der Waals surface area (Å²) in [6.07, 6.45) is 24.5. The summed E-state index contributed by atoms with van der Waals surface area (Å²) in [6.45, 7) is 12.8. The van der Waals surface area contributed by atoms with Crippen molar-refractivity contribution in [3.05, 3.63) is 106 Å². The summed E-state index contributed by atoms with van der Waals surface area (Å²) in [5.41, 5.74) is 5.48. The summed E-state index contributed by atoms with van der Waals surface area (Å²) >= 11 is -0.826. The maximum absolute atomic E-state index is 11.0. The van der Waals surface area contributed by atoms with E-state index in [0.29, 0.717) is 58.8 Å². The number of aliphatic imine (C=N–C) groups is 2. The Bertz CT molecular complexity index is 1490. The fourth-order valence-electron chi connectivity index (χ4n) is 9.05. The SMILES string of the molecule is Cc1cc(C)c(O)c(C=N[C@H](C2C(C)CC3C=CC=CC32)[C@H](N=Cc2cc(C)cc(C)c2O)C2C(C)CC3C=CC=CC32)c1.[Cl][Zr][Cl]. The molecule has 7 heteroatoms. The van der Waals surface area contributed by atoms with E-state index in [-0.39, 0.29) is 12.1 Å². The summed E-state index contributed by atoms with van der Waals surface area (Å²) in [5.74, 6) is 3.93. The number of phenols is 2. The van der Waals surface area contributed by atoms with Crippen LogP contribution in [0.4, 0.5) is 0 Å². The van der Waals surface area contributed by atoms with Crippen molar-refractivity contribution < 1.29 is 31.1 Å². The van der Waals surface area contributed by atoms with E-state index in [0.717, 1.165) is 46.2 Å². The molecule has 0 spiro atoms. The summed E-state index contributed by atoms with van der Waals surface area (Å²) in [7, 11) is 9.87. The van der Waals surface area contributed by atoms with Crippen molar-refractivity contribution in [3.63, 3.8) is 0 Å². The molecule has 2 aromatic rings. The number of benzene rings is 2. The van der Waals surface area contributed by atoms with Crippen molar-refractivity contribution in [2.24, 2.45) is 57.3 Å². The van der Waals surface area contributed by atoms with Gasteiger partial charge in [0.15, 0.2) is 0 Å². The van der Waals surface area contributed by atoms with E-state index in [1.165, 1.54) is 0 Å². The normalized spacial score (nSPS) is 30.3. The van der Waals surface area contributed by atoms with Crippen LogP contribution in [0, 0.1) is 75.0 Å². The zero-order valence-corrected chi connectivity index (χ0v) is 32.3. The topological polar surface area (TPSA) is 65.2 Å². The van der Waals surface area contributed by atoms with Gasteiger partial charge in [-0.3, -0.25) is 9.98 Å². The average Bonchev–Trinajstić information content (AvgIpc) is 3.54. The number of aromatic hydroxyl groups is 2. The quantitative estimate of drug-likeness (QED) is 0.277. The Hall–Kier alpha value is -2.20. The molecule has 0 aromatic heterocycles. The third-order valence-corrected chi connectivity index (χ3v) is 10.9. The van der Waals surface area contributed by atoms with Gasteiger partial charge < -0.3 is 10.2 Å². The van der Waals surface area contributed by atoms with Gasteiger partial charge in [-0.1, -0.05) is 74.6 Å². The Kier molecular flexibility index (Phi) is 12.3. The number of nitrogens with zero attached hydrogens (tertiary/aromatic N) is 2. The van der Waals surface area contributed by atoms with Crippen molar-refractivity contribution in [2.45, 2.75) is 66.5 Å². The van der Waals surface area contributed by atoms with Crippen LogP contribution < -0.4 is 0 Å². The summed E-state index contributed by atoms with van der Waals surface area (Å²) in [6, 6.07) is 7.90. The van der Waals surface area contributed by atoms with Gasteiger partial charge in [0.1, 0.15) is 11.5 Å². The molecule has 2 fully saturated rings. The second kappa shape index (κ2) is 16.0. The van der Waals surface area contributed by atoms with Crippen molar-refractivity contribution in [1.29, 1.82) is 0 Å². The third-order valence-electron chi connectivity index (χ3n) is 10.9. The van der Waals surface area contributed by atoms with Crippen LogP contribution in [-0.2, 0) is 20.8 Å². The molecule has 2 saturated carbocycles. The van der Waals surface area contributed by atoms with E-state index < -0.39 is 20.8 Å². The van der Waals surface area contributed by atoms with Crippen LogP contribution in [0.2, 0.25) is 0 Å². The van der Waals surface area contributed by atoms with E-state index in [1.807, 2.05) is 50.5 Å². The van der Waals surface area contributed by atoms with Crippen LogP contribution in [0.1, 0.15) is 60.1 Å². The van der Waals surface area contributed by atoms with E-state index in [2.05, 4.69) is 76.3 Å². The molecule has 0 saturated heterocycles. The Balaban J connectivity index is 0.00000139. The van der Waals surface area contributed by atoms with Gasteiger partial charge in [-0.2, -0.15) is 0 Å². The Morgan fingerprint density at radius 3 is 1.40 bits per heavy atom. The molecule has 2 aromatic carbocycles. The van der Waals surface area contributed by atoms with Gasteiger partial charge in [-0.25, -0.2) is 0 Å². The van der Waals surface area contributed by atoms with Gasteiger partial charge >= 0.3 is 37.9 Å². The Morgan fingerprint density at radius 2 is 1.02 bits per heavy atom. The zero-order chi connectivity index (χ0) is 33.8. The number of phenolic OH excluding ortho intramolecular Hbond substituents is 2. The van der Waals surface area contributed by atoms with Gasteiger partial charge in [-0.05, 0) is 122 Å². The van der Waals surface area contributed by atoms with Gasteiger partial charge in [0.05, 0.1) is 12.1 Å². The predicted molar refractivity (Wildman–Crippen MR) is 195 cm³/mol. The van der Waals surface area contributed by atoms with Crippen LogP contribution >= 0.6 is 17.0 Å². The molecule has 47 heavy (non-hydrogen) atoms. The average molecular weight is 751 g/mol. The molecule has 0 bridgehead atoms. The van der Waals surface area contributed by atoms with Crippen LogP contribution in [0.15, 0.2) is 82.9 Å². The Labute approximate surface area is 300 Å². The van der Waals surface area contributed by atoms with E-state index in [1.54, 1.807) is 0 Å². The molecule has 2 N–H and O–H groups in total. The number of halogens is 2. The molecule has 0 aliphatic heterocycles. The van der Waals surface area contributed by atoms with Crippen LogP contribution in [0.25, 0.3) is 0 Å². The first-order valence-electron chi connectivity index (χ1n) is 16.9. The molecule has 10 atom stereocenters. The van der Waals surface area contributed by atoms with Crippen molar-refractivity contribution >= 4 is 29.5 Å². The van der Waals surface area contributed by atoms with Gasteiger partial charge in [0.2, 0.25) is 0 Å². The number of hydrogen-bond acceptors (Lipinski definition) is 4. The molecule has 248 valence electrons. The molecular formula is C40H48Cl2N2O2Zr. The molecule has 0 amide bonds. The number of allylic oxidation sites excluding steroid dienone is 8. The van der Waals surface area contributed by atoms with Gasteiger partial charge in [0, 0.05) is 23.6 Å². The fraction of sp³-hybridized carbons (Fsp3) is 0.450.